The molecule has 1 aromatic rings. The Balaban J connectivity index is 1.65. The minimum absolute atomic E-state index is 0.705. The van der Waals surface area contributed by atoms with Crippen LogP contribution in [0.15, 0.2) is 24.3 Å². The number of hydrogen-bond acceptors (Lipinski definition) is 2. The fraction of sp³-hybridized carbons (Fsp3) is 0.600. The molecular formula is C15H23NO. The van der Waals surface area contributed by atoms with Crippen LogP contribution in [0.2, 0.25) is 0 Å². The van der Waals surface area contributed by atoms with Gasteiger partial charge in [0.1, 0.15) is 12.4 Å². The van der Waals surface area contributed by atoms with Gasteiger partial charge in [0.15, 0.2) is 0 Å². The smallest absolute Gasteiger partial charge is 0.119 e. The molecule has 0 radical (unpaired) electrons. The molecule has 0 heterocycles. The Bertz CT molecular complexity index is 347. The van der Waals surface area contributed by atoms with Crippen molar-refractivity contribution in [2.75, 3.05) is 13.2 Å². The highest BCUT2D eigenvalue weighted by Gasteiger charge is 2.29. The van der Waals surface area contributed by atoms with Crippen LogP contribution >= 0.6 is 0 Å². The number of nitrogens with one attached hydrogen (secondary N) is 1. The van der Waals surface area contributed by atoms with E-state index in [4.69, 9.17) is 4.74 Å². The predicted octanol–water partition coefficient (Wildman–Crippen LogP) is 3.15. The standard InChI is InChI=1S/C15H23NO/c1-3-15(13-7-8-13)16-9-10-17-14-6-4-5-12(2)11-14/h4-6,11,13,15-16H,3,7-10H2,1-2H3. The fourth-order valence-corrected chi connectivity index (χ4v) is 2.26. The van der Waals surface area contributed by atoms with Crippen molar-refractivity contribution >= 4 is 0 Å². The van der Waals surface area contributed by atoms with Crippen molar-refractivity contribution in [3.8, 4) is 5.75 Å². The summed E-state index contributed by atoms with van der Waals surface area (Å²) in [5, 5.41) is 3.59. The number of hydrogen-bond donors (Lipinski definition) is 1. The van der Waals surface area contributed by atoms with Crippen molar-refractivity contribution < 1.29 is 4.74 Å². The van der Waals surface area contributed by atoms with E-state index in [-0.39, 0.29) is 0 Å². The van der Waals surface area contributed by atoms with E-state index in [2.05, 4.69) is 31.3 Å². The molecule has 0 bridgehead atoms. The van der Waals surface area contributed by atoms with Crippen LogP contribution in [0.25, 0.3) is 0 Å². The van der Waals surface area contributed by atoms with Crippen molar-refractivity contribution in [2.45, 2.75) is 39.2 Å². The largest absolute Gasteiger partial charge is 0.492 e. The summed E-state index contributed by atoms with van der Waals surface area (Å²) in [6.45, 7) is 6.05. The van der Waals surface area contributed by atoms with Gasteiger partial charge in [-0.25, -0.2) is 0 Å². The van der Waals surface area contributed by atoms with Crippen LogP contribution in [-0.2, 0) is 0 Å². The molecule has 2 nitrogen and oxygen atoms in total. The van der Waals surface area contributed by atoms with Crippen LogP contribution in [0.1, 0.15) is 31.7 Å². The average molecular weight is 233 g/mol. The third kappa shape index (κ3) is 4.04. The Labute approximate surface area is 104 Å². The van der Waals surface area contributed by atoms with E-state index in [1.807, 2.05) is 12.1 Å². The van der Waals surface area contributed by atoms with Gasteiger partial charge in [0.05, 0.1) is 0 Å². The summed E-state index contributed by atoms with van der Waals surface area (Å²) >= 11 is 0. The first-order chi connectivity index (χ1) is 8.29. The monoisotopic (exact) mass is 233 g/mol. The van der Waals surface area contributed by atoms with Gasteiger partial charge in [-0.15, -0.1) is 0 Å². The molecule has 1 aliphatic rings. The number of ether oxygens (including phenoxy) is 1. The third-order valence-corrected chi connectivity index (χ3v) is 3.40. The molecule has 1 atom stereocenters. The molecule has 0 saturated heterocycles. The topological polar surface area (TPSA) is 21.3 Å². The van der Waals surface area contributed by atoms with Gasteiger partial charge < -0.3 is 10.1 Å². The molecule has 2 rings (SSSR count). The number of rotatable bonds is 7. The molecule has 2 heteroatoms. The highest BCUT2D eigenvalue weighted by molar-refractivity contribution is 5.27. The molecular weight excluding hydrogens is 210 g/mol. The van der Waals surface area contributed by atoms with Crippen molar-refractivity contribution in [3.05, 3.63) is 29.8 Å². The average Bonchev–Trinajstić information content (AvgIpc) is 3.13. The lowest BCUT2D eigenvalue weighted by Gasteiger charge is -2.16. The third-order valence-electron chi connectivity index (χ3n) is 3.40. The lowest BCUT2D eigenvalue weighted by Crippen LogP contribution is -2.33. The molecule has 1 N–H and O–H groups in total. The Morgan fingerprint density at radius 3 is 2.88 bits per heavy atom. The van der Waals surface area contributed by atoms with E-state index in [1.54, 1.807) is 0 Å². The van der Waals surface area contributed by atoms with Crippen molar-refractivity contribution in [3.63, 3.8) is 0 Å². The summed E-state index contributed by atoms with van der Waals surface area (Å²) in [4.78, 5) is 0. The zero-order chi connectivity index (χ0) is 12.1. The summed E-state index contributed by atoms with van der Waals surface area (Å²) in [5.41, 5.74) is 1.25. The summed E-state index contributed by atoms with van der Waals surface area (Å²) in [5.74, 6) is 1.91. The molecule has 94 valence electrons. The molecule has 1 saturated carbocycles. The van der Waals surface area contributed by atoms with Gasteiger partial charge in [-0.1, -0.05) is 19.1 Å². The van der Waals surface area contributed by atoms with Crippen LogP contribution in [0.4, 0.5) is 0 Å². The van der Waals surface area contributed by atoms with E-state index in [9.17, 15) is 0 Å². The second-order valence-corrected chi connectivity index (χ2v) is 4.97. The molecule has 0 aliphatic heterocycles. The minimum atomic E-state index is 0.705. The SMILES string of the molecule is CCC(NCCOc1cccc(C)c1)C1CC1. The van der Waals surface area contributed by atoms with Crippen molar-refractivity contribution in [2.24, 2.45) is 5.92 Å². The molecule has 0 amide bonds. The van der Waals surface area contributed by atoms with E-state index in [0.29, 0.717) is 6.04 Å². The Morgan fingerprint density at radius 1 is 1.41 bits per heavy atom. The van der Waals surface area contributed by atoms with Crippen LogP contribution in [0.5, 0.6) is 5.75 Å². The molecule has 1 unspecified atom stereocenters. The Morgan fingerprint density at radius 2 is 2.24 bits per heavy atom. The van der Waals surface area contributed by atoms with Crippen LogP contribution in [0.3, 0.4) is 0 Å². The van der Waals surface area contributed by atoms with Gasteiger partial charge in [0, 0.05) is 12.6 Å². The second-order valence-electron chi connectivity index (χ2n) is 4.97. The summed E-state index contributed by atoms with van der Waals surface area (Å²) < 4.78 is 5.72. The molecule has 17 heavy (non-hydrogen) atoms. The van der Waals surface area contributed by atoms with E-state index in [0.717, 1.165) is 24.8 Å². The first kappa shape index (κ1) is 12.4. The Hall–Kier alpha value is -1.02. The minimum Gasteiger partial charge on any atom is -0.492 e. The lowest BCUT2D eigenvalue weighted by atomic mass is 10.1. The van der Waals surface area contributed by atoms with Gasteiger partial charge in [0.2, 0.25) is 0 Å². The zero-order valence-electron chi connectivity index (χ0n) is 10.9. The summed E-state index contributed by atoms with van der Waals surface area (Å²) in [6, 6.07) is 8.93. The zero-order valence-corrected chi connectivity index (χ0v) is 10.9. The highest BCUT2D eigenvalue weighted by Crippen LogP contribution is 2.33. The molecule has 1 aromatic carbocycles. The second kappa shape index (κ2) is 6.06. The van der Waals surface area contributed by atoms with Crippen molar-refractivity contribution in [1.29, 1.82) is 0 Å². The summed E-state index contributed by atoms with van der Waals surface area (Å²) in [6.07, 6.45) is 4.05. The fourth-order valence-electron chi connectivity index (χ4n) is 2.26. The maximum Gasteiger partial charge on any atom is 0.119 e. The number of aryl methyl sites for hydroxylation is 1. The first-order valence-corrected chi connectivity index (χ1v) is 6.72. The van der Waals surface area contributed by atoms with Crippen LogP contribution in [0, 0.1) is 12.8 Å². The van der Waals surface area contributed by atoms with Gasteiger partial charge in [-0.3, -0.25) is 0 Å². The molecule has 1 fully saturated rings. The normalized spacial score (nSPS) is 16.8. The molecule has 0 spiro atoms. The van der Waals surface area contributed by atoms with Crippen molar-refractivity contribution in [1.82, 2.24) is 5.32 Å². The van der Waals surface area contributed by atoms with E-state index < -0.39 is 0 Å². The van der Waals surface area contributed by atoms with Gasteiger partial charge in [-0.05, 0) is 49.8 Å². The lowest BCUT2D eigenvalue weighted by molar-refractivity contribution is 0.298. The van der Waals surface area contributed by atoms with Crippen LogP contribution < -0.4 is 10.1 Å². The first-order valence-electron chi connectivity index (χ1n) is 6.72. The molecule has 0 aromatic heterocycles. The van der Waals surface area contributed by atoms with E-state index in [1.165, 1.54) is 24.8 Å². The molecule has 1 aliphatic carbocycles. The maximum atomic E-state index is 5.72. The maximum absolute atomic E-state index is 5.72. The van der Waals surface area contributed by atoms with Crippen LogP contribution in [-0.4, -0.2) is 19.2 Å². The van der Waals surface area contributed by atoms with E-state index >= 15 is 0 Å². The quantitative estimate of drug-likeness (QED) is 0.730. The summed E-state index contributed by atoms with van der Waals surface area (Å²) in [7, 11) is 0. The Kier molecular flexibility index (Phi) is 4.43. The predicted molar refractivity (Wildman–Crippen MR) is 71.5 cm³/mol. The highest BCUT2D eigenvalue weighted by atomic mass is 16.5. The van der Waals surface area contributed by atoms with Gasteiger partial charge in [0.25, 0.3) is 0 Å². The van der Waals surface area contributed by atoms with Gasteiger partial charge >= 0.3 is 0 Å². The van der Waals surface area contributed by atoms with Gasteiger partial charge in [-0.2, -0.15) is 0 Å². The number of benzene rings is 1.